The molecular weight excluding hydrogens is 300 g/mol. The van der Waals surface area contributed by atoms with Crippen molar-refractivity contribution >= 4 is 12.0 Å². The number of hydrogen-bond donors (Lipinski definition) is 1. The van der Waals surface area contributed by atoms with Crippen LogP contribution >= 0.6 is 0 Å². The first-order valence-corrected chi connectivity index (χ1v) is 8.37. The van der Waals surface area contributed by atoms with E-state index in [4.69, 9.17) is 9.47 Å². The Hall–Kier alpha value is -1.34. The van der Waals surface area contributed by atoms with Gasteiger partial charge in [0.05, 0.1) is 20.3 Å². The normalized spacial score (nSPS) is 23.8. The van der Waals surface area contributed by atoms with E-state index in [1.807, 2.05) is 18.7 Å². The first-order chi connectivity index (χ1) is 11.0. The summed E-state index contributed by atoms with van der Waals surface area (Å²) in [5.41, 5.74) is 0. The van der Waals surface area contributed by atoms with E-state index in [-0.39, 0.29) is 18.1 Å². The molecule has 2 atom stereocenters. The lowest BCUT2D eigenvalue weighted by Crippen LogP contribution is -2.53. The number of piperidine rings is 1. The molecule has 7 nitrogen and oxygen atoms in total. The van der Waals surface area contributed by atoms with Crippen LogP contribution in [0.3, 0.4) is 0 Å². The van der Waals surface area contributed by atoms with Crippen LogP contribution in [0.5, 0.6) is 0 Å². The Morgan fingerprint density at radius 1 is 1.30 bits per heavy atom. The number of rotatable bonds is 5. The molecule has 0 aromatic rings. The van der Waals surface area contributed by atoms with Crippen molar-refractivity contribution in [3.05, 3.63) is 0 Å². The van der Waals surface area contributed by atoms with Crippen molar-refractivity contribution < 1.29 is 23.8 Å². The summed E-state index contributed by atoms with van der Waals surface area (Å²) in [7, 11) is 1.30. The van der Waals surface area contributed by atoms with Crippen molar-refractivity contribution in [2.45, 2.75) is 45.4 Å². The van der Waals surface area contributed by atoms with Gasteiger partial charge in [-0.1, -0.05) is 13.8 Å². The highest BCUT2D eigenvalue weighted by Crippen LogP contribution is 2.25. The van der Waals surface area contributed by atoms with E-state index in [2.05, 4.69) is 10.1 Å². The summed E-state index contributed by atoms with van der Waals surface area (Å²) in [5, 5.41) is 2.66. The third kappa shape index (κ3) is 5.07. The van der Waals surface area contributed by atoms with Gasteiger partial charge in [0.25, 0.3) is 0 Å². The second-order valence-electron chi connectivity index (χ2n) is 6.61. The highest BCUT2D eigenvalue weighted by Gasteiger charge is 2.35. The third-order valence-electron chi connectivity index (χ3n) is 4.28. The van der Waals surface area contributed by atoms with Crippen molar-refractivity contribution in [1.82, 2.24) is 10.2 Å². The zero-order chi connectivity index (χ0) is 16.8. The lowest BCUT2D eigenvalue weighted by molar-refractivity contribution is -0.141. The number of hydrogen-bond acceptors (Lipinski definition) is 5. The van der Waals surface area contributed by atoms with Gasteiger partial charge < -0.3 is 24.4 Å². The molecule has 7 heteroatoms. The van der Waals surface area contributed by atoms with Crippen LogP contribution in [0.25, 0.3) is 0 Å². The van der Waals surface area contributed by atoms with Gasteiger partial charge in [-0.15, -0.1) is 0 Å². The van der Waals surface area contributed by atoms with E-state index in [1.54, 1.807) is 0 Å². The first-order valence-electron chi connectivity index (χ1n) is 8.37. The summed E-state index contributed by atoms with van der Waals surface area (Å²) in [5.74, 6) is 0.447. The quantitative estimate of drug-likeness (QED) is 0.825. The number of carbonyl (C=O) groups excluding carboxylic acids is 2. The standard InChI is InChI=1S/C16H28N2O5/c1-11(2)9-13(17-16(20)21-3)14(19)18-6-4-5-12(10-18)15-22-7-8-23-15/h11-13,15H,4-10H2,1-3H3,(H,17,20). The molecule has 1 N–H and O–H groups in total. The van der Waals surface area contributed by atoms with Gasteiger partial charge in [-0.3, -0.25) is 4.79 Å². The van der Waals surface area contributed by atoms with E-state index in [0.29, 0.717) is 38.6 Å². The van der Waals surface area contributed by atoms with Gasteiger partial charge in [0, 0.05) is 19.0 Å². The second kappa shape index (κ2) is 8.49. The number of likely N-dealkylation sites (tertiary alicyclic amines) is 1. The molecular formula is C16H28N2O5. The Balaban J connectivity index is 1.97. The number of ether oxygens (including phenoxy) is 3. The summed E-state index contributed by atoms with van der Waals surface area (Å²) in [4.78, 5) is 26.2. The van der Waals surface area contributed by atoms with Crippen LogP contribution in [0.1, 0.15) is 33.1 Å². The minimum absolute atomic E-state index is 0.0493. The molecule has 2 fully saturated rings. The molecule has 0 saturated carbocycles. The number of alkyl carbamates (subject to hydrolysis) is 1. The number of nitrogens with zero attached hydrogens (tertiary/aromatic N) is 1. The van der Waals surface area contributed by atoms with E-state index < -0.39 is 12.1 Å². The monoisotopic (exact) mass is 328 g/mol. The first kappa shape index (κ1) is 18.0. The zero-order valence-electron chi connectivity index (χ0n) is 14.2. The van der Waals surface area contributed by atoms with Gasteiger partial charge in [0.2, 0.25) is 5.91 Å². The molecule has 0 aromatic heterocycles. The fraction of sp³-hybridized carbons (Fsp3) is 0.875. The Kier molecular flexibility index (Phi) is 6.65. The van der Waals surface area contributed by atoms with Gasteiger partial charge in [-0.25, -0.2) is 4.79 Å². The predicted octanol–water partition coefficient (Wildman–Crippen LogP) is 1.37. The summed E-state index contributed by atoms with van der Waals surface area (Å²) >= 11 is 0. The fourth-order valence-corrected chi connectivity index (χ4v) is 3.20. The van der Waals surface area contributed by atoms with Gasteiger partial charge >= 0.3 is 6.09 Å². The van der Waals surface area contributed by atoms with E-state index >= 15 is 0 Å². The van der Waals surface area contributed by atoms with E-state index in [1.165, 1.54) is 7.11 Å². The zero-order valence-corrected chi connectivity index (χ0v) is 14.2. The molecule has 2 saturated heterocycles. The molecule has 0 bridgehead atoms. The van der Waals surface area contributed by atoms with Crippen LogP contribution in [-0.2, 0) is 19.0 Å². The van der Waals surface area contributed by atoms with Gasteiger partial charge in [0.15, 0.2) is 6.29 Å². The summed E-state index contributed by atoms with van der Waals surface area (Å²) in [6, 6.07) is -0.549. The Morgan fingerprint density at radius 3 is 2.61 bits per heavy atom. The highest BCUT2D eigenvalue weighted by atomic mass is 16.7. The SMILES string of the molecule is COC(=O)NC(CC(C)C)C(=O)N1CCCC(C2OCCO2)C1. The third-order valence-corrected chi connectivity index (χ3v) is 4.28. The summed E-state index contributed by atoms with van der Waals surface area (Å²) < 4.78 is 15.8. The molecule has 2 rings (SSSR count). The van der Waals surface area contributed by atoms with Crippen LogP contribution in [-0.4, -0.2) is 62.6 Å². The molecule has 2 aliphatic heterocycles. The van der Waals surface area contributed by atoms with Crippen molar-refractivity contribution in [3.63, 3.8) is 0 Å². The van der Waals surface area contributed by atoms with Crippen LogP contribution in [0, 0.1) is 11.8 Å². The molecule has 23 heavy (non-hydrogen) atoms. The maximum atomic E-state index is 12.8. The molecule has 2 heterocycles. The Morgan fingerprint density at radius 2 is 2.00 bits per heavy atom. The van der Waals surface area contributed by atoms with Crippen LogP contribution in [0.2, 0.25) is 0 Å². The van der Waals surface area contributed by atoms with Gasteiger partial charge in [-0.05, 0) is 25.2 Å². The largest absolute Gasteiger partial charge is 0.453 e. The van der Waals surface area contributed by atoms with E-state index in [0.717, 1.165) is 12.8 Å². The highest BCUT2D eigenvalue weighted by molar-refractivity contribution is 5.85. The Bertz CT molecular complexity index is 409. The second-order valence-corrected chi connectivity index (χ2v) is 6.61. The average Bonchev–Trinajstić information content (AvgIpc) is 3.07. The smallest absolute Gasteiger partial charge is 0.407 e. The topological polar surface area (TPSA) is 77.1 Å². The average molecular weight is 328 g/mol. The minimum Gasteiger partial charge on any atom is -0.453 e. The maximum Gasteiger partial charge on any atom is 0.407 e. The predicted molar refractivity (Wildman–Crippen MR) is 83.8 cm³/mol. The number of carbonyl (C=O) groups is 2. The van der Waals surface area contributed by atoms with Crippen molar-refractivity contribution in [1.29, 1.82) is 0 Å². The summed E-state index contributed by atoms with van der Waals surface area (Å²) in [6.45, 7) is 6.61. The number of methoxy groups -OCH3 is 1. The van der Waals surface area contributed by atoms with Crippen LogP contribution < -0.4 is 5.32 Å². The van der Waals surface area contributed by atoms with Crippen LogP contribution in [0.4, 0.5) is 4.79 Å². The maximum absolute atomic E-state index is 12.8. The summed E-state index contributed by atoms with van der Waals surface area (Å²) in [6.07, 6.45) is 1.73. The van der Waals surface area contributed by atoms with Crippen molar-refractivity contribution in [2.24, 2.45) is 11.8 Å². The van der Waals surface area contributed by atoms with Crippen molar-refractivity contribution in [3.8, 4) is 0 Å². The molecule has 2 aliphatic rings. The molecule has 2 amide bonds. The molecule has 0 spiro atoms. The van der Waals surface area contributed by atoms with Gasteiger partial charge in [0.1, 0.15) is 6.04 Å². The van der Waals surface area contributed by atoms with Crippen LogP contribution in [0.15, 0.2) is 0 Å². The van der Waals surface area contributed by atoms with Crippen molar-refractivity contribution in [2.75, 3.05) is 33.4 Å². The molecule has 0 radical (unpaired) electrons. The van der Waals surface area contributed by atoms with E-state index in [9.17, 15) is 9.59 Å². The fourth-order valence-electron chi connectivity index (χ4n) is 3.20. The molecule has 0 aromatic carbocycles. The van der Waals surface area contributed by atoms with Gasteiger partial charge in [-0.2, -0.15) is 0 Å². The molecule has 132 valence electrons. The molecule has 0 aliphatic carbocycles. The lowest BCUT2D eigenvalue weighted by atomic mass is 9.95. The number of nitrogens with one attached hydrogen (secondary N) is 1. The Labute approximate surface area is 137 Å². The minimum atomic E-state index is -0.569. The number of amides is 2. The lowest BCUT2D eigenvalue weighted by Gasteiger charge is -2.36. The molecule has 2 unspecified atom stereocenters.